The first-order valence-electron chi connectivity index (χ1n) is 6.76. The Hall–Kier alpha value is -0.180. The number of amides is 2. The Bertz CT molecular complexity index is 387. The maximum atomic E-state index is 11.8. The summed E-state index contributed by atoms with van der Waals surface area (Å²) in [5.74, 6) is -0.265. The number of piperidine rings is 1. The lowest BCUT2D eigenvalue weighted by Crippen LogP contribution is -2.51. The average Bonchev–Trinajstić information content (AvgIpc) is 2.45. The van der Waals surface area contributed by atoms with Gasteiger partial charge in [-0.05, 0) is 12.8 Å². The van der Waals surface area contributed by atoms with E-state index in [1.165, 1.54) is 12.0 Å². The molecule has 0 aromatic carbocycles. The highest BCUT2D eigenvalue weighted by Gasteiger charge is 2.28. The van der Waals surface area contributed by atoms with Crippen LogP contribution in [0.1, 0.15) is 12.8 Å². The fourth-order valence-electron chi connectivity index (χ4n) is 2.00. The van der Waals surface area contributed by atoms with Gasteiger partial charge in [0.15, 0.2) is 0 Å². The third kappa shape index (κ3) is 9.02. The number of hydrogen-bond acceptors (Lipinski definition) is 5. The molecule has 1 fully saturated rings. The summed E-state index contributed by atoms with van der Waals surface area (Å²) in [6.07, 6.45) is 0.676. The standard InChI is InChI=1S/C12H20Cl3N3O4.ClH/c1-21-6-9(16)10(19)17-8-2-4-18(5-3-8)11(20)22-7-12(13,14)15;/h8-9H,2-7,16H2,1H3,(H,17,19);1H/t9-;/m0./s1. The van der Waals surface area contributed by atoms with Crippen molar-refractivity contribution < 1.29 is 19.1 Å². The van der Waals surface area contributed by atoms with Crippen LogP contribution in [0.25, 0.3) is 0 Å². The van der Waals surface area contributed by atoms with E-state index < -0.39 is 15.9 Å². The summed E-state index contributed by atoms with van der Waals surface area (Å²) in [4.78, 5) is 25.0. The van der Waals surface area contributed by atoms with Crippen LogP contribution in [0.4, 0.5) is 4.79 Å². The van der Waals surface area contributed by atoms with E-state index in [2.05, 4.69) is 5.32 Å². The van der Waals surface area contributed by atoms with E-state index in [0.717, 1.165) is 0 Å². The third-order valence-electron chi connectivity index (χ3n) is 3.14. The number of alkyl halides is 3. The molecule has 0 unspecified atom stereocenters. The van der Waals surface area contributed by atoms with E-state index in [-0.39, 0.29) is 37.6 Å². The second-order valence-electron chi connectivity index (χ2n) is 5.00. The molecule has 2 amide bonds. The fourth-order valence-corrected chi connectivity index (χ4v) is 2.17. The predicted octanol–water partition coefficient (Wildman–Crippen LogP) is 1.47. The van der Waals surface area contributed by atoms with E-state index in [9.17, 15) is 9.59 Å². The molecule has 136 valence electrons. The second-order valence-corrected chi connectivity index (χ2v) is 7.52. The van der Waals surface area contributed by atoms with E-state index in [1.807, 2.05) is 0 Å². The molecule has 1 atom stereocenters. The molecular weight excluding hydrogens is 392 g/mol. The van der Waals surface area contributed by atoms with Crippen LogP contribution >= 0.6 is 47.2 Å². The van der Waals surface area contributed by atoms with Crippen molar-refractivity contribution in [3.8, 4) is 0 Å². The van der Waals surface area contributed by atoms with Crippen molar-refractivity contribution in [2.24, 2.45) is 5.73 Å². The van der Waals surface area contributed by atoms with Gasteiger partial charge in [0.2, 0.25) is 9.70 Å². The lowest BCUT2D eigenvalue weighted by atomic mass is 10.1. The summed E-state index contributed by atoms with van der Waals surface area (Å²) in [5.41, 5.74) is 5.64. The smallest absolute Gasteiger partial charge is 0.409 e. The van der Waals surface area contributed by atoms with Crippen molar-refractivity contribution in [2.45, 2.75) is 28.7 Å². The Balaban J connectivity index is 0.00000484. The Morgan fingerprint density at radius 1 is 1.35 bits per heavy atom. The molecule has 0 bridgehead atoms. The van der Waals surface area contributed by atoms with E-state index >= 15 is 0 Å². The number of hydrogen-bond donors (Lipinski definition) is 2. The highest BCUT2D eigenvalue weighted by molar-refractivity contribution is 6.67. The molecule has 3 N–H and O–H groups in total. The summed E-state index contributed by atoms with van der Waals surface area (Å²) in [5, 5.41) is 2.83. The van der Waals surface area contributed by atoms with Gasteiger partial charge in [-0.25, -0.2) is 4.79 Å². The number of nitrogens with zero attached hydrogens (tertiary/aromatic N) is 1. The summed E-state index contributed by atoms with van der Waals surface area (Å²) in [6.45, 7) is 0.749. The molecule has 1 rings (SSSR count). The van der Waals surface area contributed by atoms with Gasteiger partial charge in [-0.2, -0.15) is 0 Å². The van der Waals surface area contributed by atoms with Crippen LogP contribution in [-0.4, -0.2) is 66.2 Å². The molecule has 0 aromatic heterocycles. The van der Waals surface area contributed by atoms with Gasteiger partial charge < -0.3 is 25.4 Å². The van der Waals surface area contributed by atoms with Gasteiger partial charge in [-0.15, -0.1) is 12.4 Å². The number of likely N-dealkylation sites (tertiary alicyclic amines) is 1. The summed E-state index contributed by atoms with van der Waals surface area (Å²) in [7, 11) is 1.48. The molecule has 11 heteroatoms. The molecule has 1 saturated heterocycles. The van der Waals surface area contributed by atoms with Crippen LogP contribution in [-0.2, 0) is 14.3 Å². The Morgan fingerprint density at radius 3 is 2.39 bits per heavy atom. The van der Waals surface area contributed by atoms with Crippen molar-refractivity contribution in [3.63, 3.8) is 0 Å². The summed E-state index contributed by atoms with van der Waals surface area (Å²) < 4.78 is 8.10. The molecule has 1 aliphatic heterocycles. The van der Waals surface area contributed by atoms with Gasteiger partial charge >= 0.3 is 6.09 Å². The summed E-state index contributed by atoms with van der Waals surface area (Å²) in [6, 6.07) is -0.732. The first-order valence-corrected chi connectivity index (χ1v) is 7.89. The highest BCUT2D eigenvalue weighted by Crippen LogP contribution is 2.26. The average molecular weight is 413 g/mol. The molecule has 0 radical (unpaired) electrons. The fraction of sp³-hybridized carbons (Fsp3) is 0.833. The van der Waals surface area contributed by atoms with Crippen LogP contribution in [0.5, 0.6) is 0 Å². The van der Waals surface area contributed by atoms with Crippen LogP contribution < -0.4 is 11.1 Å². The van der Waals surface area contributed by atoms with Crippen molar-refractivity contribution in [1.29, 1.82) is 0 Å². The third-order valence-corrected chi connectivity index (χ3v) is 3.47. The van der Waals surface area contributed by atoms with Gasteiger partial charge in [-0.1, -0.05) is 34.8 Å². The molecule has 7 nitrogen and oxygen atoms in total. The molecule has 0 spiro atoms. The minimum atomic E-state index is -1.63. The van der Waals surface area contributed by atoms with Crippen LogP contribution in [0.3, 0.4) is 0 Å². The minimum Gasteiger partial charge on any atom is -0.445 e. The first-order chi connectivity index (χ1) is 10.2. The Kier molecular flexibility index (Phi) is 10.6. The number of rotatable bonds is 5. The molecule has 1 heterocycles. The highest BCUT2D eigenvalue weighted by atomic mass is 35.6. The molecule has 23 heavy (non-hydrogen) atoms. The number of nitrogens with two attached hydrogens (primary N) is 1. The predicted molar refractivity (Wildman–Crippen MR) is 91.5 cm³/mol. The van der Waals surface area contributed by atoms with E-state index in [1.54, 1.807) is 0 Å². The van der Waals surface area contributed by atoms with E-state index in [4.69, 9.17) is 50.0 Å². The number of carbonyl (C=O) groups excluding carboxylic acids is 2. The normalized spacial score (nSPS) is 17.2. The number of ether oxygens (including phenoxy) is 2. The lowest BCUT2D eigenvalue weighted by Gasteiger charge is -2.32. The summed E-state index contributed by atoms with van der Waals surface area (Å²) >= 11 is 16.6. The quantitative estimate of drug-likeness (QED) is 0.666. The number of halogens is 4. The van der Waals surface area contributed by atoms with Crippen molar-refractivity contribution in [2.75, 3.05) is 33.4 Å². The minimum absolute atomic E-state index is 0. The van der Waals surface area contributed by atoms with Gasteiger partial charge in [0, 0.05) is 26.2 Å². The zero-order valence-electron chi connectivity index (χ0n) is 12.6. The van der Waals surface area contributed by atoms with Crippen LogP contribution in [0, 0.1) is 0 Å². The molecule has 1 aliphatic rings. The topological polar surface area (TPSA) is 93.9 Å². The zero-order chi connectivity index (χ0) is 16.8. The number of carbonyl (C=O) groups is 2. The molecule has 0 aromatic rings. The lowest BCUT2D eigenvalue weighted by molar-refractivity contribution is -0.124. The molecule has 0 aliphatic carbocycles. The van der Waals surface area contributed by atoms with Gasteiger partial charge in [0.05, 0.1) is 6.61 Å². The monoisotopic (exact) mass is 411 g/mol. The van der Waals surface area contributed by atoms with Crippen molar-refractivity contribution >= 4 is 59.2 Å². The van der Waals surface area contributed by atoms with Crippen LogP contribution in [0.15, 0.2) is 0 Å². The first kappa shape index (κ1) is 22.8. The van der Waals surface area contributed by atoms with Crippen molar-refractivity contribution in [1.82, 2.24) is 10.2 Å². The zero-order valence-corrected chi connectivity index (χ0v) is 15.7. The maximum Gasteiger partial charge on any atom is 0.409 e. The second kappa shape index (κ2) is 10.6. The Labute approximate surface area is 156 Å². The van der Waals surface area contributed by atoms with Gasteiger partial charge in [-0.3, -0.25) is 4.79 Å². The van der Waals surface area contributed by atoms with Gasteiger partial charge in [0.1, 0.15) is 12.6 Å². The molecule has 0 saturated carbocycles. The maximum absolute atomic E-state index is 11.8. The largest absolute Gasteiger partial charge is 0.445 e. The van der Waals surface area contributed by atoms with Crippen LogP contribution in [0.2, 0.25) is 0 Å². The number of nitrogens with one attached hydrogen (secondary N) is 1. The van der Waals surface area contributed by atoms with E-state index in [0.29, 0.717) is 25.9 Å². The van der Waals surface area contributed by atoms with Crippen molar-refractivity contribution in [3.05, 3.63) is 0 Å². The number of methoxy groups -OCH3 is 1. The SMILES string of the molecule is COC[C@H](N)C(=O)NC1CCN(C(=O)OCC(Cl)(Cl)Cl)CC1.Cl. The molecular formula is C12H21Cl4N3O4. The van der Waals surface area contributed by atoms with Gasteiger partial charge in [0.25, 0.3) is 0 Å². The Morgan fingerprint density at radius 2 is 1.91 bits per heavy atom.